The van der Waals surface area contributed by atoms with Gasteiger partial charge in [0.15, 0.2) is 0 Å². The van der Waals surface area contributed by atoms with E-state index in [0.717, 1.165) is 69.9 Å². The van der Waals surface area contributed by atoms with Crippen LogP contribution in [0.25, 0.3) is 0 Å². The van der Waals surface area contributed by atoms with E-state index in [1.165, 1.54) is 25.7 Å². The number of carbonyl (C=O) groups is 1. The van der Waals surface area contributed by atoms with Crippen LogP contribution in [-0.4, -0.2) is 84.8 Å². The molecule has 0 saturated carbocycles. The number of carboxylic acids is 1. The van der Waals surface area contributed by atoms with Gasteiger partial charge in [0.2, 0.25) is 5.95 Å². The van der Waals surface area contributed by atoms with E-state index in [-0.39, 0.29) is 6.42 Å². The third kappa shape index (κ3) is 4.43. The maximum atomic E-state index is 10.8. The molecule has 0 bridgehead atoms. The fourth-order valence-electron chi connectivity index (χ4n) is 4.19. The average Bonchev–Trinajstić information content (AvgIpc) is 3.40. The van der Waals surface area contributed by atoms with Crippen molar-refractivity contribution in [1.82, 2.24) is 14.9 Å². The van der Waals surface area contributed by atoms with Gasteiger partial charge in [-0.05, 0) is 25.7 Å². The lowest BCUT2D eigenvalue weighted by atomic mass is 10.3. The lowest BCUT2D eigenvalue weighted by Gasteiger charge is -2.35. The summed E-state index contributed by atoms with van der Waals surface area (Å²) in [7, 11) is 0. The first-order valence-corrected chi connectivity index (χ1v) is 10.3. The predicted octanol–water partition coefficient (Wildman–Crippen LogP) is 1.27. The molecule has 0 aromatic carbocycles. The second-order valence-electron chi connectivity index (χ2n) is 7.75. The Kier molecular flexibility index (Phi) is 5.61. The van der Waals surface area contributed by atoms with Crippen LogP contribution in [0.1, 0.15) is 32.1 Å². The quantitative estimate of drug-likeness (QED) is 0.798. The second-order valence-corrected chi connectivity index (χ2v) is 7.75. The van der Waals surface area contributed by atoms with Crippen LogP contribution in [0.15, 0.2) is 6.07 Å². The van der Waals surface area contributed by atoms with E-state index < -0.39 is 5.97 Å². The molecule has 1 aromatic rings. The summed E-state index contributed by atoms with van der Waals surface area (Å²) >= 11 is 0. The van der Waals surface area contributed by atoms with Gasteiger partial charge in [0.1, 0.15) is 11.6 Å². The molecule has 8 heteroatoms. The van der Waals surface area contributed by atoms with Gasteiger partial charge < -0.3 is 19.8 Å². The number of aromatic nitrogens is 2. The molecule has 0 amide bonds. The van der Waals surface area contributed by atoms with Crippen LogP contribution in [0.3, 0.4) is 0 Å². The van der Waals surface area contributed by atoms with Crippen molar-refractivity contribution in [2.45, 2.75) is 32.1 Å². The fourth-order valence-corrected chi connectivity index (χ4v) is 4.19. The van der Waals surface area contributed by atoms with Crippen molar-refractivity contribution in [3.8, 4) is 0 Å². The summed E-state index contributed by atoms with van der Waals surface area (Å²) in [5.74, 6) is 2.23. The Hall–Kier alpha value is -2.09. The molecule has 4 heterocycles. The van der Waals surface area contributed by atoms with Crippen molar-refractivity contribution < 1.29 is 9.90 Å². The lowest BCUT2D eigenvalue weighted by molar-refractivity contribution is -0.137. The van der Waals surface area contributed by atoms with E-state index in [2.05, 4.69) is 25.7 Å². The Balaban J connectivity index is 1.48. The fraction of sp³-hybridized carbons (Fsp3) is 0.737. The topological polar surface area (TPSA) is 76.0 Å². The first-order chi connectivity index (χ1) is 13.2. The molecule has 8 nitrogen and oxygen atoms in total. The van der Waals surface area contributed by atoms with Crippen molar-refractivity contribution >= 4 is 23.6 Å². The molecule has 3 aliphatic heterocycles. The molecule has 148 valence electrons. The van der Waals surface area contributed by atoms with Gasteiger partial charge >= 0.3 is 5.97 Å². The monoisotopic (exact) mass is 374 g/mol. The SMILES string of the molecule is O=C(O)CCN1CCN(c2cc(N3CCCC3)nc(N3CCCC3)n2)CC1. The number of anilines is 3. The summed E-state index contributed by atoms with van der Waals surface area (Å²) < 4.78 is 0. The number of hydrogen-bond donors (Lipinski definition) is 1. The van der Waals surface area contributed by atoms with Crippen LogP contribution in [0, 0.1) is 0 Å². The van der Waals surface area contributed by atoms with Crippen LogP contribution in [0.4, 0.5) is 17.6 Å². The summed E-state index contributed by atoms with van der Waals surface area (Å²) in [6.07, 6.45) is 5.12. The van der Waals surface area contributed by atoms with E-state index in [9.17, 15) is 4.79 Å². The van der Waals surface area contributed by atoms with E-state index >= 15 is 0 Å². The molecule has 0 aliphatic carbocycles. The minimum Gasteiger partial charge on any atom is -0.481 e. The zero-order valence-corrected chi connectivity index (χ0v) is 16.0. The highest BCUT2D eigenvalue weighted by molar-refractivity contribution is 5.66. The molecule has 3 saturated heterocycles. The molecule has 0 radical (unpaired) electrons. The van der Waals surface area contributed by atoms with Gasteiger partial charge in [-0.25, -0.2) is 0 Å². The van der Waals surface area contributed by atoms with Crippen molar-refractivity contribution in [2.24, 2.45) is 0 Å². The first kappa shape index (κ1) is 18.3. The number of carboxylic acid groups (broad SMARTS) is 1. The second kappa shape index (κ2) is 8.29. The molecular weight excluding hydrogens is 344 g/mol. The highest BCUT2D eigenvalue weighted by atomic mass is 16.4. The van der Waals surface area contributed by atoms with Gasteiger partial charge in [0.25, 0.3) is 0 Å². The standard InChI is InChI=1S/C19H30N6O2/c26-18(27)5-10-22-11-13-24(14-12-22)17-15-16(23-6-1-2-7-23)20-19(21-17)25-8-3-4-9-25/h15H,1-14H2,(H,26,27). The van der Waals surface area contributed by atoms with Gasteiger partial charge in [-0.15, -0.1) is 0 Å². The number of hydrogen-bond acceptors (Lipinski definition) is 7. The average molecular weight is 374 g/mol. The molecule has 3 aliphatic rings. The highest BCUT2D eigenvalue weighted by Gasteiger charge is 2.24. The molecule has 1 aromatic heterocycles. The zero-order valence-electron chi connectivity index (χ0n) is 16.0. The predicted molar refractivity (Wildman–Crippen MR) is 106 cm³/mol. The van der Waals surface area contributed by atoms with Crippen molar-refractivity contribution in [2.75, 3.05) is 73.6 Å². The van der Waals surface area contributed by atoms with Crippen LogP contribution >= 0.6 is 0 Å². The van der Waals surface area contributed by atoms with Gasteiger partial charge in [-0.3, -0.25) is 9.69 Å². The summed E-state index contributed by atoms with van der Waals surface area (Å²) in [5.41, 5.74) is 0. The number of piperazine rings is 1. The van der Waals surface area contributed by atoms with Gasteiger partial charge in [0, 0.05) is 65.0 Å². The molecule has 27 heavy (non-hydrogen) atoms. The zero-order chi connectivity index (χ0) is 18.6. The van der Waals surface area contributed by atoms with Crippen LogP contribution in [-0.2, 0) is 4.79 Å². The first-order valence-electron chi connectivity index (χ1n) is 10.3. The maximum absolute atomic E-state index is 10.8. The summed E-state index contributed by atoms with van der Waals surface area (Å²) in [6.45, 7) is 8.43. The summed E-state index contributed by atoms with van der Waals surface area (Å²) in [4.78, 5) is 29.9. The Bertz CT molecular complexity index is 615. The largest absolute Gasteiger partial charge is 0.481 e. The maximum Gasteiger partial charge on any atom is 0.304 e. The molecule has 4 rings (SSSR count). The normalized spacial score (nSPS) is 21.3. The number of rotatable bonds is 6. The van der Waals surface area contributed by atoms with Crippen LogP contribution < -0.4 is 14.7 Å². The van der Waals surface area contributed by atoms with Crippen LogP contribution in [0.2, 0.25) is 0 Å². The van der Waals surface area contributed by atoms with E-state index in [1.807, 2.05) is 0 Å². The molecule has 3 fully saturated rings. The molecule has 0 atom stereocenters. The van der Waals surface area contributed by atoms with Gasteiger partial charge in [-0.2, -0.15) is 9.97 Å². The number of nitrogens with zero attached hydrogens (tertiary/aromatic N) is 6. The molecule has 1 N–H and O–H groups in total. The van der Waals surface area contributed by atoms with E-state index in [1.54, 1.807) is 0 Å². The minimum atomic E-state index is -0.723. The van der Waals surface area contributed by atoms with Crippen LogP contribution in [0.5, 0.6) is 0 Å². The molecule has 0 unspecified atom stereocenters. The molecular formula is C19H30N6O2. The Morgan fingerprint density at radius 3 is 1.89 bits per heavy atom. The summed E-state index contributed by atoms with van der Waals surface area (Å²) in [5, 5.41) is 8.88. The summed E-state index contributed by atoms with van der Waals surface area (Å²) in [6, 6.07) is 2.15. The van der Waals surface area contributed by atoms with E-state index in [0.29, 0.717) is 6.54 Å². The Morgan fingerprint density at radius 2 is 1.33 bits per heavy atom. The van der Waals surface area contributed by atoms with Crippen molar-refractivity contribution in [3.63, 3.8) is 0 Å². The smallest absolute Gasteiger partial charge is 0.304 e. The Morgan fingerprint density at radius 1 is 0.815 bits per heavy atom. The minimum absolute atomic E-state index is 0.214. The third-order valence-electron chi connectivity index (χ3n) is 5.84. The lowest BCUT2D eigenvalue weighted by Crippen LogP contribution is -2.47. The van der Waals surface area contributed by atoms with E-state index in [4.69, 9.17) is 15.1 Å². The van der Waals surface area contributed by atoms with Crippen molar-refractivity contribution in [3.05, 3.63) is 6.07 Å². The van der Waals surface area contributed by atoms with Crippen molar-refractivity contribution in [1.29, 1.82) is 0 Å². The molecule has 0 spiro atoms. The number of aliphatic carboxylic acids is 1. The highest BCUT2D eigenvalue weighted by Crippen LogP contribution is 2.27. The van der Waals surface area contributed by atoms with Gasteiger partial charge in [0.05, 0.1) is 6.42 Å². The third-order valence-corrected chi connectivity index (χ3v) is 5.84. The Labute approximate surface area is 160 Å². The van der Waals surface area contributed by atoms with Gasteiger partial charge in [-0.1, -0.05) is 0 Å².